The Balaban J connectivity index is 2.49. The Hall–Kier alpha value is -2.14. The van der Waals surface area contributed by atoms with Crippen molar-refractivity contribution >= 4 is 17.4 Å². The van der Waals surface area contributed by atoms with Crippen LogP contribution in [0.4, 0.5) is 5.69 Å². The molecule has 0 saturated carbocycles. The van der Waals surface area contributed by atoms with Gasteiger partial charge in [0, 0.05) is 17.1 Å². The second-order valence-corrected chi connectivity index (χ2v) is 4.86. The van der Waals surface area contributed by atoms with Gasteiger partial charge in [0.25, 0.3) is 0 Å². The fraction of sp³-hybridized carbons (Fsp3) is 0.333. The van der Waals surface area contributed by atoms with Gasteiger partial charge in [-0.25, -0.2) is 4.79 Å². The van der Waals surface area contributed by atoms with Gasteiger partial charge in [0.2, 0.25) is 0 Å². The second kappa shape index (κ2) is 5.46. The maximum Gasteiger partial charge on any atom is 0.332 e. The summed E-state index contributed by atoms with van der Waals surface area (Å²) < 4.78 is 0. The van der Waals surface area contributed by atoms with Crippen molar-refractivity contribution in [2.24, 2.45) is 4.99 Å². The van der Waals surface area contributed by atoms with Crippen molar-refractivity contribution in [2.45, 2.75) is 33.4 Å². The average molecular weight is 274 g/mol. The van der Waals surface area contributed by atoms with Gasteiger partial charge in [0.15, 0.2) is 6.04 Å². The van der Waals surface area contributed by atoms with E-state index in [1.165, 1.54) is 0 Å². The van der Waals surface area contributed by atoms with E-state index < -0.39 is 12.0 Å². The zero-order valence-electron chi connectivity index (χ0n) is 11.8. The Morgan fingerprint density at radius 1 is 1.25 bits per heavy atom. The molecule has 0 aromatic heterocycles. The molecule has 2 rings (SSSR count). The van der Waals surface area contributed by atoms with Gasteiger partial charge in [-0.2, -0.15) is 0 Å². The summed E-state index contributed by atoms with van der Waals surface area (Å²) in [6.07, 6.45) is 0. The van der Waals surface area contributed by atoms with Crippen LogP contribution in [0.25, 0.3) is 0 Å². The first-order chi connectivity index (χ1) is 9.45. The zero-order chi connectivity index (χ0) is 14.9. The minimum atomic E-state index is -0.927. The minimum Gasteiger partial charge on any atom is -0.479 e. The topological polar surface area (TPSA) is 73.1 Å². The largest absolute Gasteiger partial charge is 0.479 e. The Morgan fingerprint density at radius 2 is 1.85 bits per heavy atom. The summed E-state index contributed by atoms with van der Waals surface area (Å²) >= 11 is 0. The van der Waals surface area contributed by atoms with Gasteiger partial charge in [0.1, 0.15) is 0 Å². The molecule has 1 unspecified atom stereocenters. The molecule has 2 N–H and O–H groups in total. The van der Waals surface area contributed by atoms with Gasteiger partial charge in [-0.1, -0.05) is 12.1 Å². The number of anilines is 1. The third kappa shape index (κ3) is 2.44. The van der Waals surface area contributed by atoms with Gasteiger partial charge in [0.05, 0.1) is 12.3 Å². The number of hydrogen-bond donors (Lipinski definition) is 2. The highest BCUT2D eigenvalue weighted by Gasteiger charge is 2.33. The molecule has 1 aliphatic rings. The van der Waals surface area contributed by atoms with Gasteiger partial charge < -0.3 is 15.1 Å². The summed E-state index contributed by atoms with van der Waals surface area (Å²) in [7, 11) is 0. The van der Waals surface area contributed by atoms with E-state index in [1.54, 1.807) is 24.0 Å². The molecular weight excluding hydrogens is 256 g/mol. The van der Waals surface area contributed by atoms with E-state index in [9.17, 15) is 9.90 Å². The Bertz CT molecular complexity index is 588. The molecular formula is C15H18N2O3. The lowest BCUT2D eigenvalue weighted by Gasteiger charge is -2.35. The molecule has 20 heavy (non-hydrogen) atoms. The quantitative estimate of drug-likeness (QED) is 0.886. The molecule has 1 aliphatic heterocycles. The number of carbonyl (C=O) groups is 1. The Kier molecular flexibility index (Phi) is 3.90. The first kappa shape index (κ1) is 14.3. The third-order valence-corrected chi connectivity index (χ3v) is 3.51. The van der Waals surface area contributed by atoms with E-state index >= 15 is 0 Å². The first-order valence-electron chi connectivity index (χ1n) is 6.40. The molecule has 1 heterocycles. The molecule has 1 aromatic carbocycles. The van der Waals surface area contributed by atoms with Crippen LogP contribution in [0.5, 0.6) is 0 Å². The summed E-state index contributed by atoms with van der Waals surface area (Å²) in [4.78, 5) is 17.6. The summed E-state index contributed by atoms with van der Waals surface area (Å²) in [5, 5.41) is 18.5. The summed E-state index contributed by atoms with van der Waals surface area (Å²) in [6, 6.07) is 6.42. The van der Waals surface area contributed by atoms with E-state index in [0.717, 1.165) is 22.6 Å². The molecule has 1 aromatic rings. The van der Waals surface area contributed by atoms with E-state index in [4.69, 9.17) is 5.11 Å². The predicted molar refractivity (Wildman–Crippen MR) is 77.8 cm³/mol. The van der Waals surface area contributed by atoms with Crippen molar-refractivity contribution in [3.8, 4) is 0 Å². The molecule has 0 radical (unpaired) electrons. The average Bonchev–Trinajstić information content (AvgIpc) is 2.42. The van der Waals surface area contributed by atoms with Crippen LogP contribution in [0.15, 0.2) is 40.7 Å². The highest BCUT2D eigenvalue weighted by Crippen LogP contribution is 2.29. The van der Waals surface area contributed by atoms with Crippen LogP contribution in [0.1, 0.15) is 26.3 Å². The predicted octanol–water partition coefficient (Wildman–Crippen LogP) is 2.16. The van der Waals surface area contributed by atoms with Crippen molar-refractivity contribution in [2.75, 3.05) is 4.90 Å². The maximum absolute atomic E-state index is 11.5. The number of rotatable bonds is 3. The fourth-order valence-electron chi connectivity index (χ4n) is 2.36. The molecule has 0 amide bonds. The van der Waals surface area contributed by atoms with E-state index in [0.29, 0.717) is 5.71 Å². The van der Waals surface area contributed by atoms with Crippen molar-refractivity contribution in [1.29, 1.82) is 0 Å². The number of aliphatic hydroxyl groups is 1. The Labute approximate surface area is 117 Å². The summed E-state index contributed by atoms with van der Waals surface area (Å²) in [5.74, 6) is -0.927. The van der Waals surface area contributed by atoms with Crippen molar-refractivity contribution in [3.05, 3.63) is 41.2 Å². The van der Waals surface area contributed by atoms with Gasteiger partial charge in [-0.3, -0.25) is 4.99 Å². The zero-order valence-corrected chi connectivity index (χ0v) is 11.8. The molecule has 5 nitrogen and oxygen atoms in total. The first-order valence-corrected chi connectivity index (χ1v) is 6.40. The number of carboxylic acid groups (broad SMARTS) is 1. The normalized spacial score (nSPS) is 19.1. The van der Waals surface area contributed by atoms with Gasteiger partial charge >= 0.3 is 5.97 Å². The number of hydrogen-bond acceptors (Lipinski definition) is 4. The summed E-state index contributed by atoms with van der Waals surface area (Å²) in [6.45, 7) is 5.42. The lowest BCUT2D eigenvalue weighted by molar-refractivity contribution is -0.136. The fourth-order valence-corrected chi connectivity index (χ4v) is 2.36. The number of aliphatic carboxylic acids is 1. The highest BCUT2D eigenvalue weighted by molar-refractivity contribution is 6.09. The van der Waals surface area contributed by atoms with E-state index in [1.807, 2.05) is 26.0 Å². The van der Waals surface area contributed by atoms with Crippen molar-refractivity contribution < 1.29 is 15.0 Å². The van der Waals surface area contributed by atoms with Crippen LogP contribution in [0, 0.1) is 0 Å². The smallest absolute Gasteiger partial charge is 0.332 e. The number of aliphatic imine (C=N–C) groups is 1. The van der Waals surface area contributed by atoms with Gasteiger partial charge in [-0.15, -0.1) is 0 Å². The van der Waals surface area contributed by atoms with Crippen LogP contribution < -0.4 is 4.90 Å². The van der Waals surface area contributed by atoms with E-state index in [-0.39, 0.29) is 6.61 Å². The second-order valence-electron chi connectivity index (χ2n) is 4.86. The number of allylic oxidation sites excluding steroid dienone is 2. The van der Waals surface area contributed by atoms with Crippen molar-refractivity contribution in [1.82, 2.24) is 0 Å². The number of aliphatic hydroxyl groups excluding tert-OH is 1. The lowest BCUT2D eigenvalue weighted by atomic mass is 10.0. The van der Waals surface area contributed by atoms with Crippen molar-refractivity contribution in [3.63, 3.8) is 0 Å². The van der Waals surface area contributed by atoms with Crippen LogP contribution in [0.2, 0.25) is 0 Å². The van der Waals surface area contributed by atoms with Crippen LogP contribution >= 0.6 is 0 Å². The molecule has 0 spiro atoms. The van der Waals surface area contributed by atoms with Crippen LogP contribution in [-0.2, 0) is 11.4 Å². The third-order valence-electron chi connectivity index (χ3n) is 3.51. The monoisotopic (exact) mass is 274 g/mol. The van der Waals surface area contributed by atoms with Crippen LogP contribution in [0.3, 0.4) is 0 Å². The number of carboxylic acids is 1. The standard InChI is InChI=1S/C15H18N2O3/c1-9-11(3)17(14(15(19)20)10(2)16-9)13-6-4-12(8-18)5-7-13/h4-7,14,18H,8H2,1-3H3,(H,19,20). The molecule has 0 aliphatic carbocycles. The molecule has 0 saturated heterocycles. The highest BCUT2D eigenvalue weighted by atomic mass is 16.4. The molecule has 0 bridgehead atoms. The molecule has 1 atom stereocenters. The van der Waals surface area contributed by atoms with Gasteiger partial charge in [-0.05, 0) is 38.5 Å². The Morgan fingerprint density at radius 3 is 2.35 bits per heavy atom. The van der Waals surface area contributed by atoms with E-state index in [2.05, 4.69) is 4.99 Å². The molecule has 106 valence electrons. The maximum atomic E-state index is 11.5. The number of benzene rings is 1. The minimum absolute atomic E-state index is 0.0308. The summed E-state index contributed by atoms with van der Waals surface area (Å²) in [5.41, 5.74) is 3.76. The lowest BCUT2D eigenvalue weighted by Crippen LogP contribution is -2.47. The number of nitrogens with zero attached hydrogens (tertiary/aromatic N) is 2. The molecule has 0 fully saturated rings. The molecule has 5 heteroatoms. The SMILES string of the molecule is CC1=NC(C)=C(C)N(c2ccc(CO)cc2)C1C(=O)O. The van der Waals surface area contributed by atoms with Crippen LogP contribution in [-0.4, -0.2) is 27.9 Å².